The fraction of sp³-hybridized carbons (Fsp3) is 0.571. The van der Waals surface area contributed by atoms with Gasteiger partial charge in [-0.3, -0.25) is 0 Å². The first kappa shape index (κ1) is 11.5. The first-order valence-corrected chi connectivity index (χ1v) is 6.27. The standard InChI is InChI=1S/C14H21NO/c1-3-11(2)13-6-4-5-7-14(13)16-12-8-9-15-10-12/h4-7,11-12,15H,3,8-10H2,1-2H3/t11?,12-/m0/s1. The molecule has 0 aliphatic carbocycles. The molecule has 88 valence electrons. The van der Waals surface area contributed by atoms with Crippen LogP contribution in [-0.4, -0.2) is 19.2 Å². The highest BCUT2D eigenvalue weighted by Crippen LogP contribution is 2.29. The van der Waals surface area contributed by atoms with Crippen molar-refractivity contribution in [2.24, 2.45) is 0 Å². The maximum absolute atomic E-state index is 6.07. The SMILES string of the molecule is CCC(C)c1ccccc1O[C@H]1CCNC1. The summed E-state index contributed by atoms with van der Waals surface area (Å²) in [7, 11) is 0. The molecule has 1 saturated heterocycles. The van der Waals surface area contributed by atoms with Gasteiger partial charge < -0.3 is 10.1 Å². The van der Waals surface area contributed by atoms with Crippen LogP contribution in [0.4, 0.5) is 0 Å². The minimum atomic E-state index is 0.352. The molecule has 0 amide bonds. The maximum Gasteiger partial charge on any atom is 0.123 e. The topological polar surface area (TPSA) is 21.3 Å². The molecule has 2 heteroatoms. The quantitative estimate of drug-likeness (QED) is 0.840. The van der Waals surface area contributed by atoms with Gasteiger partial charge in [0.05, 0.1) is 0 Å². The van der Waals surface area contributed by atoms with E-state index in [0.717, 1.165) is 31.7 Å². The third-order valence-corrected chi connectivity index (χ3v) is 3.37. The van der Waals surface area contributed by atoms with Gasteiger partial charge in [0, 0.05) is 6.54 Å². The number of rotatable bonds is 4. The molecule has 1 N–H and O–H groups in total. The van der Waals surface area contributed by atoms with Gasteiger partial charge in [-0.1, -0.05) is 32.0 Å². The Balaban J connectivity index is 2.12. The third-order valence-electron chi connectivity index (χ3n) is 3.37. The maximum atomic E-state index is 6.07. The Morgan fingerprint density at radius 2 is 2.25 bits per heavy atom. The lowest BCUT2D eigenvalue weighted by Crippen LogP contribution is -2.20. The Morgan fingerprint density at radius 3 is 2.94 bits per heavy atom. The van der Waals surface area contributed by atoms with Crippen LogP contribution in [0.25, 0.3) is 0 Å². The van der Waals surface area contributed by atoms with Crippen LogP contribution in [0.3, 0.4) is 0 Å². The summed E-state index contributed by atoms with van der Waals surface area (Å²) in [6.07, 6.45) is 2.63. The predicted octanol–water partition coefficient (Wildman–Crippen LogP) is 2.94. The Labute approximate surface area is 98.0 Å². The van der Waals surface area contributed by atoms with Crippen molar-refractivity contribution >= 4 is 0 Å². The van der Waals surface area contributed by atoms with E-state index in [0.29, 0.717) is 12.0 Å². The van der Waals surface area contributed by atoms with Crippen LogP contribution in [0.15, 0.2) is 24.3 Å². The van der Waals surface area contributed by atoms with Crippen LogP contribution in [0.5, 0.6) is 5.75 Å². The second kappa shape index (κ2) is 5.35. The van der Waals surface area contributed by atoms with Crippen molar-refractivity contribution in [3.63, 3.8) is 0 Å². The predicted molar refractivity (Wildman–Crippen MR) is 67.1 cm³/mol. The van der Waals surface area contributed by atoms with Crippen LogP contribution in [0, 0.1) is 0 Å². The second-order valence-corrected chi connectivity index (χ2v) is 4.58. The molecule has 1 unspecified atom stereocenters. The van der Waals surface area contributed by atoms with Gasteiger partial charge in [-0.2, -0.15) is 0 Å². The first-order valence-electron chi connectivity index (χ1n) is 6.27. The molecule has 16 heavy (non-hydrogen) atoms. The van der Waals surface area contributed by atoms with Gasteiger partial charge in [-0.05, 0) is 36.9 Å². The largest absolute Gasteiger partial charge is 0.489 e. The van der Waals surface area contributed by atoms with E-state index in [1.807, 2.05) is 0 Å². The number of para-hydroxylation sites is 1. The molecule has 0 aromatic heterocycles. The summed E-state index contributed by atoms with van der Waals surface area (Å²) in [4.78, 5) is 0. The smallest absolute Gasteiger partial charge is 0.123 e. The van der Waals surface area contributed by atoms with Crippen LogP contribution in [0.1, 0.15) is 38.2 Å². The number of hydrogen-bond donors (Lipinski definition) is 1. The lowest BCUT2D eigenvalue weighted by molar-refractivity contribution is 0.220. The van der Waals surface area contributed by atoms with E-state index in [9.17, 15) is 0 Å². The molecule has 2 nitrogen and oxygen atoms in total. The van der Waals surface area contributed by atoms with E-state index in [4.69, 9.17) is 4.74 Å². The molecule has 1 heterocycles. The molecule has 2 atom stereocenters. The normalized spacial score (nSPS) is 22.0. The van der Waals surface area contributed by atoms with Crippen LogP contribution in [0.2, 0.25) is 0 Å². The average molecular weight is 219 g/mol. The van der Waals surface area contributed by atoms with Crippen molar-refractivity contribution in [2.45, 2.75) is 38.7 Å². The molecular formula is C14H21NO. The number of benzene rings is 1. The first-order chi connectivity index (χ1) is 7.81. The molecule has 1 aromatic carbocycles. The molecule has 0 bridgehead atoms. The van der Waals surface area contributed by atoms with Crippen molar-refractivity contribution in [3.8, 4) is 5.75 Å². The Bertz CT molecular complexity index is 331. The van der Waals surface area contributed by atoms with Crippen LogP contribution < -0.4 is 10.1 Å². The summed E-state index contributed by atoms with van der Waals surface area (Å²) in [5.41, 5.74) is 1.34. The van der Waals surface area contributed by atoms with Gasteiger partial charge in [-0.25, -0.2) is 0 Å². The minimum absolute atomic E-state index is 0.352. The van der Waals surface area contributed by atoms with E-state index < -0.39 is 0 Å². The average Bonchev–Trinajstić information content (AvgIpc) is 2.82. The lowest BCUT2D eigenvalue weighted by Gasteiger charge is -2.18. The van der Waals surface area contributed by atoms with Crippen molar-refractivity contribution in [2.75, 3.05) is 13.1 Å². The van der Waals surface area contributed by atoms with Crippen LogP contribution in [-0.2, 0) is 0 Å². The molecule has 1 aliphatic rings. The van der Waals surface area contributed by atoms with Gasteiger partial charge in [0.2, 0.25) is 0 Å². The van der Waals surface area contributed by atoms with Crippen molar-refractivity contribution < 1.29 is 4.74 Å². The van der Waals surface area contributed by atoms with Crippen molar-refractivity contribution in [1.29, 1.82) is 0 Å². The summed E-state index contributed by atoms with van der Waals surface area (Å²) >= 11 is 0. The third kappa shape index (κ3) is 2.56. The summed E-state index contributed by atoms with van der Waals surface area (Å²) in [5, 5.41) is 3.33. The minimum Gasteiger partial charge on any atom is -0.489 e. The molecule has 0 saturated carbocycles. The zero-order valence-corrected chi connectivity index (χ0v) is 10.2. The number of hydrogen-bond acceptors (Lipinski definition) is 2. The van der Waals surface area contributed by atoms with E-state index >= 15 is 0 Å². The van der Waals surface area contributed by atoms with E-state index in [-0.39, 0.29) is 0 Å². The Hall–Kier alpha value is -1.02. The zero-order chi connectivity index (χ0) is 11.4. The number of nitrogens with one attached hydrogen (secondary N) is 1. The lowest BCUT2D eigenvalue weighted by atomic mass is 9.98. The van der Waals surface area contributed by atoms with E-state index in [1.165, 1.54) is 5.56 Å². The number of ether oxygens (including phenoxy) is 1. The van der Waals surface area contributed by atoms with Crippen LogP contribution >= 0.6 is 0 Å². The zero-order valence-electron chi connectivity index (χ0n) is 10.2. The summed E-state index contributed by atoms with van der Waals surface area (Å²) in [6, 6.07) is 8.44. The summed E-state index contributed by atoms with van der Waals surface area (Å²) in [6.45, 7) is 6.54. The molecule has 1 aliphatic heterocycles. The molecule has 0 spiro atoms. The van der Waals surface area contributed by atoms with Crippen molar-refractivity contribution in [3.05, 3.63) is 29.8 Å². The second-order valence-electron chi connectivity index (χ2n) is 4.58. The van der Waals surface area contributed by atoms with Gasteiger partial charge in [0.25, 0.3) is 0 Å². The van der Waals surface area contributed by atoms with Gasteiger partial charge >= 0.3 is 0 Å². The van der Waals surface area contributed by atoms with Gasteiger partial charge in [0.15, 0.2) is 0 Å². The summed E-state index contributed by atoms with van der Waals surface area (Å²) in [5.74, 6) is 1.65. The summed E-state index contributed by atoms with van der Waals surface area (Å²) < 4.78 is 6.07. The van der Waals surface area contributed by atoms with Gasteiger partial charge in [0.1, 0.15) is 11.9 Å². The Kier molecular flexibility index (Phi) is 3.83. The fourth-order valence-corrected chi connectivity index (χ4v) is 2.12. The highest BCUT2D eigenvalue weighted by molar-refractivity contribution is 5.36. The van der Waals surface area contributed by atoms with Crippen molar-refractivity contribution in [1.82, 2.24) is 5.32 Å². The fourth-order valence-electron chi connectivity index (χ4n) is 2.12. The molecular weight excluding hydrogens is 198 g/mol. The molecule has 0 radical (unpaired) electrons. The Morgan fingerprint density at radius 1 is 1.44 bits per heavy atom. The van der Waals surface area contributed by atoms with E-state index in [1.54, 1.807) is 0 Å². The molecule has 2 rings (SSSR count). The van der Waals surface area contributed by atoms with Gasteiger partial charge in [-0.15, -0.1) is 0 Å². The molecule has 1 aromatic rings. The monoisotopic (exact) mass is 219 g/mol. The van der Waals surface area contributed by atoms with E-state index in [2.05, 4.69) is 43.4 Å². The highest BCUT2D eigenvalue weighted by atomic mass is 16.5. The molecule has 1 fully saturated rings. The highest BCUT2D eigenvalue weighted by Gasteiger charge is 2.18.